The maximum absolute atomic E-state index is 12.1. The third-order valence-electron chi connectivity index (χ3n) is 2.60. The highest BCUT2D eigenvalue weighted by Gasteiger charge is 2.24. The van der Waals surface area contributed by atoms with Gasteiger partial charge in [-0.1, -0.05) is 16.9 Å². The molecule has 0 aliphatic rings. The predicted molar refractivity (Wildman–Crippen MR) is 78.0 cm³/mol. The molecule has 0 fully saturated rings. The summed E-state index contributed by atoms with van der Waals surface area (Å²) in [7, 11) is 0. The van der Waals surface area contributed by atoms with Crippen LogP contribution in [-0.2, 0) is 10.3 Å². The fraction of sp³-hybridized carbons (Fsp3) is 0.583. The number of amides is 1. The van der Waals surface area contributed by atoms with Crippen LogP contribution >= 0.6 is 11.8 Å². The van der Waals surface area contributed by atoms with Crippen molar-refractivity contribution in [2.24, 2.45) is 0 Å². The molecule has 0 aromatic carbocycles. The molecular weight excluding hydrogens is 292 g/mol. The number of hydrogen-bond donors (Lipinski definition) is 1. The van der Waals surface area contributed by atoms with Crippen LogP contribution in [0, 0.1) is 6.92 Å². The van der Waals surface area contributed by atoms with Crippen molar-refractivity contribution in [3.63, 3.8) is 0 Å². The van der Waals surface area contributed by atoms with Crippen molar-refractivity contribution in [1.82, 2.24) is 25.4 Å². The van der Waals surface area contributed by atoms with E-state index in [1.54, 1.807) is 24.6 Å². The molecule has 0 saturated heterocycles. The zero-order chi connectivity index (χ0) is 15.6. The molecule has 8 nitrogen and oxygen atoms in total. The zero-order valence-electron chi connectivity index (χ0n) is 12.6. The summed E-state index contributed by atoms with van der Waals surface area (Å²) in [6, 6.07) is 1.66. The number of carbonyl (C=O) groups is 1. The summed E-state index contributed by atoms with van der Waals surface area (Å²) in [5.74, 6) is 0.139. The number of aromatic nitrogens is 5. The van der Waals surface area contributed by atoms with E-state index in [1.807, 2.05) is 20.8 Å². The van der Waals surface area contributed by atoms with Crippen LogP contribution in [0.5, 0.6) is 0 Å². The second-order valence-corrected chi connectivity index (χ2v) is 6.93. The molecule has 1 N–H and O–H groups in total. The molecule has 2 aromatic heterocycles. The van der Waals surface area contributed by atoms with Gasteiger partial charge in [0.1, 0.15) is 0 Å². The van der Waals surface area contributed by atoms with Gasteiger partial charge < -0.3 is 4.52 Å². The Kier molecular flexibility index (Phi) is 4.31. The minimum atomic E-state index is -0.373. The van der Waals surface area contributed by atoms with Gasteiger partial charge in [-0.2, -0.15) is 0 Å². The SMILES string of the molecule is Cc1cc(NC(=O)[C@@H](C)Sc2nnnn2C(C)(C)C)on1. The lowest BCUT2D eigenvalue weighted by molar-refractivity contribution is -0.115. The van der Waals surface area contributed by atoms with Gasteiger partial charge in [0.2, 0.25) is 16.9 Å². The number of thioether (sulfide) groups is 1. The van der Waals surface area contributed by atoms with Gasteiger partial charge in [-0.15, -0.1) is 5.10 Å². The monoisotopic (exact) mass is 310 g/mol. The third-order valence-corrected chi connectivity index (χ3v) is 3.64. The van der Waals surface area contributed by atoms with E-state index in [1.165, 1.54) is 11.8 Å². The molecular formula is C12H18N6O2S. The molecule has 0 spiro atoms. The standard InChI is InChI=1S/C12H18N6O2S/c1-7-6-9(20-15-7)13-10(19)8(2)21-11-14-16-17-18(11)12(3,4)5/h6,8H,1-5H3,(H,13,19)/t8-/m1/s1. The van der Waals surface area contributed by atoms with E-state index in [2.05, 4.69) is 26.0 Å². The van der Waals surface area contributed by atoms with Gasteiger partial charge >= 0.3 is 0 Å². The van der Waals surface area contributed by atoms with Crippen molar-refractivity contribution in [2.45, 2.75) is 50.6 Å². The average molecular weight is 310 g/mol. The first-order valence-corrected chi connectivity index (χ1v) is 7.35. The fourth-order valence-electron chi connectivity index (χ4n) is 1.53. The van der Waals surface area contributed by atoms with E-state index in [0.29, 0.717) is 16.7 Å². The Hall–Kier alpha value is -1.90. The van der Waals surface area contributed by atoms with E-state index < -0.39 is 0 Å². The minimum Gasteiger partial charge on any atom is -0.338 e. The molecule has 0 aliphatic heterocycles. The Labute approximate surface area is 126 Å². The number of aryl methyl sites for hydroxylation is 1. The third kappa shape index (κ3) is 3.81. The van der Waals surface area contributed by atoms with Gasteiger partial charge in [-0.05, 0) is 45.0 Å². The maximum atomic E-state index is 12.1. The van der Waals surface area contributed by atoms with Crippen LogP contribution < -0.4 is 5.32 Å². The number of anilines is 1. The lowest BCUT2D eigenvalue weighted by Gasteiger charge is -2.20. The average Bonchev–Trinajstić information content (AvgIpc) is 2.97. The smallest absolute Gasteiger partial charge is 0.240 e. The van der Waals surface area contributed by atoms with E-state index in [4.69, 9.17) is 4.52 Å². The number of carbonyl (C=O) groups excluding carboxylic acids is 1. The fourth-order valence-corrected chi connectivity index (χ4v) is 2.51. The molecule has 9 heteroatoms. The molecule has 0 saturated carbocycles. The summed E-state index contributed by atoms with van der Waals surface area (Å²) in [6.07, 6.45) is 0. The first-order valence-electron chi connectivity index (χ1n) is 6.47. The first kappa shape index (κ1) is 15.5. The van der Waals surface area contributed by atoms with Crippen molar-refractivity contribution >= 4 is 23.6 Å². The Balaban J connectivity index is 2.03. The highest BCUT2D eigenvalue weighted by atomic mass is 32.2. The van der Waals surface area contributed by atoms with Gasteiger partial charge in [0.05, 0.1) is 16.5 Å². The van der Waals surface area contributed by atoms with Crippen LogP contribution in [0.25, 0.3) is 0 Å². The highest BCUT2D eigenvalue weighted by molar-refractivity contribution is 8.00. The van der Waals surface area contributed by atoms with Gasteiger partial charge in [-0.25, -0.2) is 4.68 Å². The summed E-state index contributed by atoms with van der Waals surface area (Å²) in [4.78, 5) is 12.1. The highest BCUT2D eigenvalue weighted by Crippen LogP contribution is 2.25. The molecule has 2 rings (SSSR count). The molecule has 0 bridgehead atoms. The van der Waals surface area contributed by atoms with Crippen molar-refractivity contribution in [3.8, 4) is 0 Å². The lowest BCUT2D eigenvalue weighted by atomic mass is 10.1. The number of nitrogens with one attached hydrogen (secondary N) is 1. The largest absolute Gasteiger partial charge is 0.338 e. The zero-order valence-corrected chi connectivity index (χ0v) is 13.4. The van der Waals surface area contributed by atoms with E-state index >= 15 is 0 Å². The van der Waals surface area contributed by atoms with E-state index in [0.717, 1.165) is 0 Å². The van der Waals surface area contributed by atoms with Crippen LogP contribution in [0.3, 0.4) is 0 Å². The van der Waals surface area contributed by atoms with Crippen LogP contribution in [0.4, 0.5) is 5.88 Å². The summed E-state index contributed by atoms with van der Waals surface area (Å²) < 4.78 is 6.66. The summed E-state index contributed by atoms with van der Waals surface area (Å²) in [6.45, 7) is 9.56. The molecule has 21 heavy (non-hydrogen) atoms. The van der Waals surface area contributed by atoms with Gasteiger partial charge in [-0.3, -0.25) is 10.1 Å². The normalized spacial score (nSPS) is 13.2. The second-order valence-electron chi connectivity index (χ2n) is 5.63. The van der Waals surface area contributed by atoms with Gasteiger partial charge in [0.25, 0.3) is 0 Å². The minimum absolute atomic E-state index is 0.195. The molecule has 1 amide bonds. The molecule has 114 valence electrons. The van der Waals surface area contributed by atoms with E-state index in [9.17, 15) is 4.79 Å². The van der Waals surface area contributed by atoms with Crippen LogP contribution in [-0.4, -0.2) is 36.5 Å². The topological polar surface area (TPSA) is 98.7 Å². The number of rotatable bonds is 4. The van der Waals surface area contributed by atoms with Crippen molar-refractivity contribution < 1.29 is 9.32 Å². The van der Waals surface area contributed by atoms with Crippen LogP contribution in [0.1, 0.15) is 33.4 Å². The van der Waals surface area contributed by atoms with Crippen molar-refractivity contribution in [2.75, 3.05) is 5.32 Å². The summed E-state index contributed by atoms with van der Waals surface area (Å²) in [5, 5.41) is 18.2. The van der Waals surface area contributed by atoms with Crippen LogP contribution in [0.15, 0.2) is 15.7 Å². The maximum Gasteiger partial charge on any atom is 0.240 e. The Morgan fingerprint density at radius 1 is 1.48 bits per heavy atom. The Morgan fingerprint density at radius 3 is 2.76 bits per heavy atom. The lowest BCUT2D eigenvalue weighted by Crippen LogP contribution is -2.26. The molecule has 0 unspecified atom stereocenters. The number of hydrogen-bond acceptors (Lipinski definition) is 7. The van der Waals surface area contributed by atoms with Gasteiger partial charge in [0, 0.05) is 6.07 Å². The van der Waals surface area contributed by atoms with E-state index in [-0.39, 0.29) is 16.7 Å². The second kappa shape index (κ2) is 5.84. The number of tetrazole rings is 1. The molecule has 2 heterocycles. The first-order chi connectivity index (χ1) is 9.77. The summed E-state index contributed by atoms with van der Waals surface area (Å²) in [5.41, 5.74) is 0.464. The van der Waals surface area contributed by atoms with Crippen molar-refractivity contribution in [1.29, 1.82) is 0 Å². The van der Waals surface area contributed by atoms with Crippen LogP contribution in [0.2, 0.25) is 0 Å². The summed E-state index contributed by atoms with van der Waals surface area (Å²) >= 11 is 1.29. The molecule has 2 aromatic rings. The quantitative estimate of drug-likeness (QED) is 0.860. The molecule has 0 aliphatic carbocycles. The van der Waals surface area contributed by atoms with Gasteiger partial charge in [0.15, 0.2) is 0 Å². The Bertz CT molecular complexity index is 630. The van der Waals surface area contributed by atoms with Crippen molar-refractivity contribution in [3.05, 3.63) is 11.8 Å². The molecule has 0 radical (unpaired) electrons. The number of nitrogens with zero attached hydrogens (tertiary/aromatic N) is 5. The Morgan fingerprint density at radius 2 is 2.19 bits per heavy atom. The predicted octanol–water partition coefficient (Wildman–Crippen LogP) is 1.84. The molecule has 1 atom stereocenters.